The normalized spacial score (nSPS) is 20.5. The average molecular weight is 251 g/mol. The van der Waals surface area contributed by atoms with Crippen LogP contribution >= 0.6 is 0 Å². The number of rotatable bonds is 5. The van der Waals surface area contributed by atoms with Gasteiger partial charge in [-0.1, -0.05) is 20.8 Å². The van der Waals surface area contributed by atoms with Crippen molar-refractivity contribution >= 4 is 0 Å². The molecule has 1 aromatic rings. The van der Waals surface area contributed by atoms with Crippen LogP contribution in [-0.4, -0.2) is 29.5 Å². The zero-order valence-corrected chi connectivity index (χ0v) is 11.8. The van der Waals surface area contributed by atoms with Gasteiger partial charge in [0.05, 0.1) is 12.3 Å². The third-order valence-electron chi connectivity index (χ3n) is 3.45. The zero-order chi connectivity index (χ0) is 13.0. The van der Waals surface area contributed by atoms with Crippen LogP contribution in [0, 0.1) is 0 Å². The van der Waals surface area contributed by atoms with Crippen molar-refractivity contribution in [2.45, 2.75) is 58.1 Å². The van der Waals surface area contributed by atoms with Crippen molar-refractivity contribution in [1.82, 2.24) is 15.5 Å². The minimum Gasteiger partial charge on any atom is -0.378 e. The second kappa shape index (κ2) is 5.85. The van der Waals surface area contributed by atoms with Gasteiger partial charge in [-0.15, -0.1) is 0 Å². The van der Waals surface area contributed by atoms with Crippen molar-refractivity contribution in [3.05, 3.63) is 17.5 Å². The molecule has 18 heavy (non-hydrogen) atoms. The van der Waals surface area contributed by atoms with Gasteiger partial charge in [-0.3, -0.25) is 5.10 Å². The van der Waals surface area contributed by atoms with Crippen molar-refractivity contribution in [2.75, 3.05) is 13.2 Å². The first kappa shape index (κ1) is 13.6. The highest BCUT2D eigenvalue weighted by molar-refractivity contribution is 5.23. The summed E-state index contributed by atoms with van der Waals surface area (Å²) in [5, 5.41) is 10.8. The lowest BCUT2D eigenvalue weighted by Crippen LogP contribution is -2.22. The quantitative estimate of drug-likeness (QED) is 0.790. The second-order valence-corrected chi connectivity index (χ2v) is 6.12. The Bertz CT molecular complexity index is 361. The highest BCUT2D eigenvalue weighted by Gasteiger charge is 2.20. The Hall–Kier alpha value is -0.870. The third kappa shape index (κ3) is 3.56. The second-order valence-electron chi connectivity index (χ2n) is 6.12. The van der Waals surface area contributed by atoms with Crippen LogP contribution in [0.4, 0.5) is 0 Å². The van der Waals surface area contributed by atoms with Gasteiger partial charge in [0.2, 0.25) is 0 Å². The van der Waals surface area contributed by atoms with E-state index in [1.807, 2.05) is 6.20 Å². The van der Waals surface area contributed by atoms with Gasteiger partial charge in [0.25, 0.3) is 0 Å². The molecule has 1 aliphatic heterocycles. The van der Waals surface area contributed by atoms with Crippen molar-refractivity contribution in [1.29, 1.82) is 0 Å². The number of ether oxygens (including phenoxy) is 1. The Labute approximate surface area is 110 Å². The van der Waals surface area contributed by atoms with Gasteiger partial charge in [0.15, 0.2) is 0 Å². The van der Waals surface area contributed by atoms with Crippen LogP contribution < -0.4 is 5.32 Å². The standard InChI is InChI=1S/C14H25N3O/c1-14(2,3)13-11(10-16-17-13)9-15-7-6-12-5-4-8-18-12/h10,12,15H,4-9H2,1-3H3,(H,16,17). The van der Waals surface area contributed by atoms with Gasteiger partial charge in [-0.25, -0.2) is 0 Å². The molecule has 0 aliphatic carbocycles. The summed E-state index contributed by atoms with van der Waals surface area (Å²) < 4.78 is 5.61. The molecular weight excluding hydrogens is 226 g/mol. The summed E-state index contributed by atoms with van der Waals surface area (Å²) in [4.78, 5) is 0. The molecule has 1 atom stereocenters. The lowest BCUT2D eigenvalue weighted by Gasteiger charge is -2.18. The van der Waals surface area contributed by atoms with Gasteiger partial charge in [-0.05, 0) is 25.8 Å². The molecule has 2 heterocycles. The van der Waals surface area contributed by atoms with Gasteiger partial charge in [-0.2, -0.15) is 5.10 Å². The number of aromatic amines is 1. The highest BCUT2D eigenvalue weighted by Crippen LogP contribution is 2.23. The van der Waals surface area contributed by atoms with Crippen molar-refractivity contribution in [2.24, 2.45) is 0 Å². The molecule has 0 spiro atoms. The van der Waals surface area contributed by atoms with E-state index in [4.69, 9.17) is 4.74 Å². The molecule has 1 fully saturated rings. The molecular formula is C14H25N3O. The maximum atomic E-state index is 5.61. The minimum atomic E-state index is 0.127. The maximum Gasteiger partial charge on any atom is 0.0588 e. The Balaban J connectivity index is 1.74. The Morgan fingerprint density at radius 2 is 2.33 bits per heavy atom. The molecule has 0 radical (unpaired) electrons. The van der Waals surface area contributed by atoms with E-state index < -0.39 is 0 Å². The molecule has 1 aliphatic rings. The van der Waals surface area contributed by atoms with Crippen molar-refractivity contribution in [3.8, 4) is 0 Å². The molecule has 1 unspecified atom stereocenters. The number of hydrogen-bond acceptors (Lipinski definition) is 3. The van der Waals surface area contributed by atoms with Crippen LogP contribution in [-0.2, 0) is 16.7 Å². The maximum absolute atomic E-state index is 5.61. The lowest BCUT2D eigenvalue weighted by molar-refractivity contribution is 0.104. The Morgan fingerprint density at radius 3 is 3.00 bits per heavy atom. The van der Waals surface area contributed by atoms with Crippen molar-refractivity contribution < 1.29 is 4.74 Å². The molecule has 0 amide bonds. The van der Waals surface area contributed by atoms with Gasteiger partial charge in [0.1, 0.15) is 0 Å². The minimum absolute atomic E-state index is 0.127. The molecule has 0 aromatic carbocycles. The van der Waals surface area contributed by atoms with Gasteiger partial charge < -0.3 is 10.1 Å². The van der Waals surface area contributed by atoms with Crippen LogP contribution in [0.25, 0.3) is 0 Å². The number of nitrogens with zero attached hydrogens (tertiary/aromatic N) is 1. The number of nitrogens with one attached hydrogen (secondary N) is 2. The molecule has 0 bridgehead atoms. The molecule has 1 aromatic heterocycles. The average Bonchev–Trinajstić information content (AvgIpc) is 2.94. The first-order valence-electron chi connectivity index (χ1n) is 6.92. The van der Waals surface area contributed by atoms with E-state index in [0.717, 1.165) is 26.1 Å². The fourth-order valence-electron chi connectivity index (χ4n) is 2.45. The van der Waals surface area contributed by atoms with E-state index in [0.29, 0.717) is 6.10 Å². The lowest BCUT2D eigenvalue weighted by atomic mass is 9.89. The summed E-state index contributed by atoms with van der Waals surface area (Å²) in [6.07, 6.45) is 5.97. The number of hydrogen-bond donors (Lipinski definition) is 2. The topological polar surface area (TPSA) is 49.9 Å². The van der Waals surface area contributed by atoms with Gasteiger partial charge >= 0.3 is 0 Å². The largest absolute Gasteiger partial charge is 0.378 e. The predicted octanol–water partition coefficient (Wildman–Crippen LogP) is 2.37. The predicted molar refractivity (Wildman–Crippen MR) is 72.6 cm³/mol. The monoisotopic (exact) mass is 251 g/mol. The zero-order valence-electron chi connectivity index (χ0n) is 11.8. The molecule has 4 nitrogen and oxygen atoms in total. The fourth-order valence-corrected chi connectivity index (χ4v) is 2.45. The van der Waals surface area contributed by atoms with E-state index in [1.165, 1.54) is 24.1 Å². The van der Waals surface area contributed by atoms with E-state index in [2.05, 4.69) is 36.3 Å². The highest BCUT2D eigenvalue weighted by atomic mass is 16.5. The molecule has 2 rings (SSSR count). The van der Waals surface area contributed by atoms with Crippen LogP contribution in [0.1, 0.15) is 51.3 Å². The summed E-state index contributed by atoms with van der Waals surface area (Å²) >= 11 is 0. The summed E-state index contributed by atoms with van der Waals surface area (Å²) in [6.45, 7) is 9.46. The molecule has 102 valence electrons. The molecule has 1 saturated heterocycles. The first-order chi connectivity index (χ1) is 8.57. The molecule has 2 N–H and O–H groups in total. The van der Waals surface area contributed by atoms with Gasteiger partial charge in [0, 0.05) is 29.8 Å². The number of aromatic nitrogens is 2. The smallest absolute Gasteiger partial charge is 0.0588 e. The summed E-state index contributed by atoms with van der Waals surface area (Å²) in [6, 6.07) is 0. The van der Waals surface area contributed by atoms with Crippen LogP contribution in [0.3, 0.4) is 0 Å². The summed E-state index contributed by atoms with van der Waals surface area (Å²) in [7, 11) is 0. The Morgan fingerprint density at radius 1 is 1.50 bits per heavy atom. The fraction of sp³-hybridized carbons (Fsp3) is 0.786. The van der Waals surface area contributed by atoms with E-state index in [1.54, 1.807) is 0 Å². The molecule has 0 saturated carbocycles. The molecule has 4 heteroatoms. The van der Waals surface area contributed by atoms with E-state index in [9.17, 15) is 0 Å². The summed E-state index contributed by atoms with van der Waals surface area (Å²) in [5.41, 5.74) is 2.63. The van der Waals surface area contributed by atoms with Crippen LogP contribution in [0.2, 0.25) is 0 Å². The number of H-pyrrole nitrogens is 1. The Kier molecular flexibility index (Phi) is 4.40. The SMILES string of the molecule is CC(C)(C)c1[nH]ncc1CNCCC1CCCO1. The third-order valence-corrected chi connectivity index (χ3v) is 3.45. The summed E-state index contributed by atoms with van der Waals surface area (Å²) in [5.74, 6) is 0. The van der Waals surface area contributed by atoms with E-state index in [-0.39, 0.29) is 5.41 Å². The first-order valence-corrected chi connectivity index (χ1v) is 6.92. The van der Waals surface area contributed by atoms with E-state index >= 15 is 0 Å². The van der Waals surface area contributed by atoms with Crippen molar-refractivity contribution in [3.63, 3.8) is 0 Å². The van der Waals surface area contributed by atoms with Crippen LogP contribution in [0.15, 0.2) is 6.20 Å². The van der Waals surface area contributed by atoms with Crippen LogP contribution in [0.5, 0.6) is 0 Å².